The summed E-state index contributed by atoms with van der Waals surface area (Å²) in [6.07, 6.45) is 5.16. The summed E-state index contributed by atoms with van der Waals surface area (Å²) in [5.74, 6) is 0.632. The molecule has 0 radical (unpaired) electrons. The normalized spacial score (nSPS) is 10.4. The predicted molar refractivity (Wildman–Crippen MR) is 96.1 cm³/mol. The van der Waals surface area contributed by atoms with E-state index in [9.17, 15) is 4.79 Å². The molecule has 0 spiro atoms. The highest BCUT2D eigenvalue weighted by atomic mass is 16.1. The standard InChI is InChI=1S/C19H25N3O/c1-4-5-6-11-20-18-13-16(10-12-21-18)19(23)22-17-9-7-8-14(2)15(17)3/h7-10,12-13H,4-6,11H2,1-3H3,(H,20,21)(H,22,23). The number of aromatic nitrogens is 1. The molecule has 1 aromatic heterocycles. The number of unbranched alkanes of at least 4 members (excludes halogenated alkanes) is 2. The van der Waals surface area contributed by atoms with Crippen molar-refractivity contribution in [3.8, 4) is 0 Å². The fourth-order valence-corrected chi connectivity index (χ4v) is 2.34. The van der Waals surface area contributed by atoms with Crippen molar-refractivity contribution in [1.29, 1.82) is 0 Å². The lowest BCUT2D eigenvalue weighted by Gasteiger charge is -2.11. The van der Waals surface area contributed by atoms with Gasteiger partial charge in [0, 0.05) is 24.0 Å². The topological polar surface area (TPSA) is 54.0 Å². The Morgan fingerprint density at radius 3 is 2.78 bits per heavy atom. The molecule has 0 saturated heterocycles. The van der Waals surface area contributed by atoms with Gasteiger partial charge in [0.15, 0.2) is 0 Å². The molecule has 0 aliphatic rings. The maximum absolute atomic E-state index is 12.4. The molecule has 1 amide bonds. The average molecular weight is 311 g/mol. The van der Waals surface area contributed by atoms with E-state index in [1.165, 1.54) is 12.8 Å². The van der Waals surface area contributed by atoms with Crippen LogP contribution in [0.25, 0.3) is 0 Å². The Kier molecular flexibility index (Phi) is 6.15. The van der Waals surface area contributed by atoms with Gasteiger partial charge in [0.2, 0.25) is 0 Å². The minimum atomic E-state index is -0.113. The van der Waals surface area contributed by atoms with Crippen LogP contribution < -0.4 is 10.6 Å². The fraction of sp³-hybridized carbons (Fsp3) is 0.368. The molecule has 0 bridgehead atoms. The van der Waals surface area contributed by atoms with Crippen LogP contribution in [0, 0.1) is 13.8 Å². The molecule has 0 saturated carbocycles. The van der Waals surface area contributed by atoms with Gasteiger partial charge in [-0.1, -0.05) is 31.9 Å². The summed E-state index contributed by atoms with van der Waals surface area (Å²) in [4.78, 5) is 16.7. The van der Waals surface area contributed by atoms with Crippen LogP contribution in [-0.4, -0.2) is 17.4 Å². The van der Waals surface area contributed by atoms with Crippen molar-refractivity contribution in [3.05, 3.63) is 53.2 Å². The molecule has 0 aliphatic carbocycles. The summed E-state index contributed by atoms with van der Waals surface area (Å²) < 4.78 is 0. The van der Waals surface area contributed by atoms with Crippen LogP contribution in [0.15, 0.2) is 36.5 Å². The van der Waals surface area contributed by atoms with E-state index in [0.29, 0.717) is 5.56 Å². The van der Waals surface area contributed by atoms with E-state index < -0.39 is 0 Å². The highest BCUT2D eigenvalue weighted by Gasteiger charge is 2.09. The van der Waals surface area contributed by atoms with E-state index in [2.05, 4.69) is 22.5 Å². The number of nitrogens with zero attached hydrogens (tertiary/aromatic N) is 1. The number of pyridine rings is 1. The first-order valence-electron chi connectivity index (χ1n) is 8.19. The van der Waals surface area contributed by atoms with Crippen LogP contribution >= 0.6 is 0 Å². The third kappa shape index (κ3) is 4.81. The maximum Gasteiger partial charge on any atom is 0.255 e. The van der Waals surface area contributed by atoms with Gasteiger partial charge in [-0.3, -0.25) is 4.79 Å². The van der Waals surface area contributed by atoms with Crippen molar-refractivity contribution in [3.63, 3.8) is 0 Å². The molecule has 2 rings (SSSR count). The minimum absolute atomic E-state index is 0.113. The summed E-state index contributed by atoms with van der Waals surface area (Å²) in [6.45, 7) is 7.10. The third-order valence-corrected chi connectivity index (χ3v) is 3.96. The van der Waals surface area contributed by atoms with Gasteiger partial charge in [-0.2, -0.15) is 0 Å². The predicted octanol–water partition coefficient (Wildman–Crippen LogP) is 4.55. The van der Waals surface area contributed by atoms with Crippen LogP contribution in [0.5, 0.6) is 0 Å². The number of carbonyl (C=O) groups excluding carboxylic acids is 1. The second-order valence-electron chi connectivity index (χ2n) is 5.77. The Morgan fingerprint density at radius 2 is 2.00 bits per heavy atom. The Balaban J connectivity index is 2.03. The van der Waals surface area contributed by atoms with Crippen molar-refractivity contribution in [2.45, 2.75) is 40.0 Å². The Labute approximate surface area is 138 Å². The number of rotatable bonds is 7. The number of benzene rings is 1. The second kappa shape index (κ2) is 8.32. The van der Waals surface area contributed by atoms with E-state index in [-0.39, 0.29) is 5.91 Å². The van der Waals surface area contributed by atoms with E-state index in [1.54, 1.807) is 18.3 Å². The zero-order valence-corrected chi connectivity index (χ0v) is 14.1. The van der Waals surface area contributed by atoms with Gasteiger partial charge >= 0.3 is 0 Å². The SMILES string of the molecule is CCCCCNc1cc(C(=O)Nc2cccc(C)c2C)ccn1. The lowest BCUT2D eigenvalue weighted by atomic mass is 10.1. The minimum Gasteiger partial charge on any atom is -0.370 e. The molecule has 4 heteroatoms. The molecule has 2 N–H and O–H groups in total. The van der Waals surface area contributed by atoms with E-state index in [0.717, 1.165) is 35.6 Å². The first-order valence-corrected chi connectivity index (χ1v) is 8.19. The summed E-state index contributed by atoms with van der Waals surface area (Å²) in [6, 6.07) is 9.44. The number of amides is 1. The highest BCUT2D eigenvalue weighted by molar-refractivity contribution is 6.05. The molecule has 1 heterocycles. The maximum atomic E-state index is 12.4. The molecule has 2 aromatic rings. The van der Waals surface area contributed by atoms with Gasteiger partial charge in [0.25, 0.3) is 5.91 Å². The van der Waals surface area contributed by atoms with Crippen LogP contribution in [-0.2, 0) is 0 Å². The van der Waals surface area contributed by atoms with Gasteiger partial charge in [-0.05, 0) is 49.6 Å². The number of anilines is 2. The van der Waals surface area contributed by atoms with E-state index >= 15 is 0 Å². The monoisotopic (exact) mass is 311 g/mol. The summed E-state index contributed by atoms with van der Waals surface area (Å²) >= 11 is 0. The molecule has 122 valence electrons. The Morgan fingerprint density at radius 1 is 1.17 bits per heavy atom. The lowest BCUT2D eigenvalue weighted by Crippen LogP contribution is -2.14. The molecule has 0 unspecified atom stereocenters. The van der Waals surface area contributed by atoms with Gasteiger partial charge in [-0.25, -0.2) is 4.98 Å². The fourth-order valence-electron chi connectivity index (χ4n) is 2.34. The largest absolute Gasteiger partial charge is 0.370 e. The second-order valence-corrected chi connectivity index (χ2v) is 5.77. The molecule has 4 nitrogen and oxygen atoms in total. The van der Waals surface area contributed by atoms with Gasteiger partial charge in [0.1, 0.15) is 5.82 Å². The van der Waals surface area contributed by atoms with E-state index in [1.807, 2.05) is 32.0 Å². The number of hydrogen-bond acceptors (Lipinski definition) is 3. The van der Waals surface area contributed by atoms with Crippen LogP contribution in [0.2, 0.25) is 0 Å². The number of nitrogens with one attached hydrogen (secondary N) is 2. The molecule has 0 aliphatic heterocycles. The zero-order valence-electron chi connectivity index (χ0n) is 14.1. The third-order valence-electron chi connectivity index (χ3n) is 3.96. The molecular weight excluding hydrogens is 286 g/mol. The van der Waals surface area contributed by atoms with Crippen molar-refractivity contribution in [1.82, 2.24) is 4.98 Å². The number of aryl methyl sites for hydroxylation is 1. The summed E-state index contributed by atoms with van der Waals surface area (Å²) in [7, 11) is 0. The van der Waals surface area contributed by atoms with Crippen LogP contribution in [0.3, 0.4) is 0 Å². The molecule has 23 heavy (non-hydrogen) atoms. The Bertz CT molecular complexity index is 667. The Hall–Kier alpha value is -2.36. The van der Waals surface area contributed by atoms with Crippen LogP contribution in [0.1, 0.15) is 47.7 Å². The highest BCUT2D eigenvalue weighted by Crippen LogP contribution is 2.19. The zero-order chi connectivity index (χ0) is 16.7. The average Bonchev–Trinajstić information content (AvgIpc) is 2.56. The van der Waals surface area contributed by atoms with Crippen molar-refractivity contribution < 1.29 is 4.79 Å². The summed E-state index contributed by atoms with van der Waals surface area (Å²) in [5, 5.41) is 6.24. The molecule has 0 atom stereocenters. The van der Waals surface area contributed by atoms with Crippen molar-refractivity contribution >= 4 is 17.4 Å². The summed E-state index contributed by atoms with van der Waals surface area (Å²) in [5.41, 5.74) is 3.71. The van der Waals surface area contributed by atoms with Gasteiger partial charge in [0.05, 0.1) is 0 Å². The molecule has 1 aromatic carbocycles. The number of carbonyl (C=O) groups is 1. The van der Waals surface area contributed by atoms with E-state index in [4.69, 9.17) is 0 Å². The quantitative estimate of drug-likeness (QED) is 0.737. The molecular formula is C19H25N3O. The van der Waals surface area contributed by atoms with Gasteiger partial charge < -0.3 is 10.6 Å². The molecule has 0 fully saturated rings. The first-order chi connectivity index (χ1) is 11.1. The van der Waals surface area contributed by atoms with Crippen molar-refractivity contribution in [2.24, 2.45) is 0 Å². The van der Waals surface area contributed by atoms with Crippen LogP contribution in [0.4, 0.5) is 11.5 Å². The first kappa shape index (κ1) is 17.0. The smallest absolute Gasteiger partial charge is 0.255 e. The van der Waals surface area contributed by atoms with Gasteiger partial charge in [-0.15, -0.1) is 0 Å². The lowest BCUT2D eigenvalue weighted by molar-refractivity contribution is 0.102. The number of hydrogen-bond donors (Lipinski definition) is 2. The van der Waals surface area contributed by atoms with Crippen molar-refractivity contribution in [2.75, 3.05) is 17.2 Å².